The van der Waals surface area contributed by atoms with Crippen LogP contribution in [0.15, 0.2) is 47.6 Å². The van der Waals surface area contributed by atoms with Gasteiger partial charge >= 0.3 is 0 Å². The van der Waals surface area contributed by atoms with Gasteiger partial charge < -0.3 is 20.7 Å². The van der Waals surface area contributed by atoms with Crippen molar-refractivity contribution in [1.29, 1.82) is 0 Å². The molecule has 25 heavy (non-hydrogen) atoms. The van der Waals surface area contributed by atoms with Gasteiger partial charge in [0, 0.05) is 19.3 Å². The van der Waals surface area contributed by atoms with Crippen molar-refractivity contribution in [2.45, 2.75) is 25.8 Å². The second kappa shape index (κ2) is 8.37. The van der Waals surface area contributed by atoms with E-state index in [1.54, 1.807) is 7.11 Å². The van der Waals surface area contributed by atoms with Gasteiger partial charge in [0.25, 0.3) is 0 Å². The number of guanidine groups is 1. The molecule has 6 nitrogen and oxygen atoms in total. The number of benzene rings is 1. The Bertz CT molecular complexity index is 708. The van der Waals surface area contributed by atoms with Crippen molar-refractivity contribution >= 4 is 17.5 Å². The predicted octanol–water partition coefficient (Wildman–Crippen LogP) is 3.01. The highest BCUT2D eigenvalue weighted by atomic mass is 16.5. The number of ether oxygens (including phenoxy) is 1. The minimum atomic E-state index is 0.351. The maximum absolute atomic E-state index is 5.98. The summed E-state index contributed by atoms with van der Waals surface area (Å²) >= 11 is 0. The Hall–Kier alpha value is -2.76. The van der Waals surface area contributed by atoms with Gasteiger partial charge in [0.05, 0.1) is 19.3 Å². The van der Waals surface area contributed by atoms with Gasteiger partial charge in [-0.15, -0.1) is 0 Å². The lowest BCUT2D eigenvalue weighted by molar-refractivity contribution is 0.417. The zero-order valence-electron chi connectivity index (χ0n) is 14.6. The van der Waals surface area contributed by atoms with Gasteiger partial charge in [-0.25, -0.2) is 9.98 Å². The molecule has 3 rings (SSSR count). The zero-order valence-corrected chi connectivity index (χ0v) is 14.6. The summed E-state index contributed by atoms with van der Waals surface area (Å²) in [6, 6.07) is 11.7. The van der Waals surface area contributed by atoms with Crippen molar-refractivity contribution in [2.75, 3.05) is 30.4 Å². The molecule has 2 aromatic rings. The molecule has 0 saturated carbocycles. The number of anilines is 2. The van der Waals surface area contributed by atoms with Crippen molar-refractivity contribution < 1.29 is 4.74 Å². The average molecular weight is 339 g/mol. The quantitative estimate of drug-likeness (QED) is 0.647. The first-order valence-corrected chi connectivity index (χ1v) is 8.66. The van der Waals surface area contributed by atoms with Crippen LogP contribution in [0.4, 0.5) is 11.5 Å². The SMILES string of the molecule is COc1ccccc1NC(N)=NCc1ccc(N2CCCCC2)nc1. The summed E-state index contributed by atoms with van der Waals surface area (Å²) in [6.07, 6.45) is 5.70. The van der Waals surface area contributed by atoms with Crippen LogP contribution in [0.1, 0.15) is 24.8 Å². The Morgan fingerprint density at radius 3 is 2.72 bits per heavy atom. The number of pyridine rings is 1. The number of piperidine rings is 1. The molecule has 2 heterocycles. The van der Waals surface area contributed by atoms with E-state index in [1.165, 1.54) is 19.3 Å². The number of hydrogen-bond donors (Lipinski definition) is 2. The third-order valence-electron chi connectivity index (χ3n) is 4.29. The molecule has 1 aromatic carbocycles. The summed E-state index contributed by atoms with van der Waals surface area (Å²) in [4.78, 5) is 11.3. The van der Waals surface area contributed by atoms with Crippen LogP contribution in [-0.4, -0.2) is 31.1 Å². The van der Waals surface area contributed by atoms with E-state index in [9.17, 15) is 0 Å². The average Bonchev–Trinajstić information content (AvgIpc) is 2.68. The van der Waals surface area contributed by atoms with Crippen molar-refractivity contribution in [3.8, 4) is 5.75 Å². The Morgan fingerprint density at radius 2 is 2.00 bits per heavy atom. The number of nitrogens with two attached hydrogens (primary N) is 1. The van der Waals surface area contributed by atoms with Gasteiger partial charge in [0.2, 0.25) is 0 Å². The zero-order chi connectivity index (χ0) is 17.5. The van der Waals surface area contributed by atoms with Crippen LogP contribution in [0.3, 0.4) is 0 Å². The molecule has 1 aromatic heterocycles. The number of methoxy groups -OCH3 is 1. The largest absolute Gasteiger partial charge is 0.495 e. The monoisotopic (exact) mass is 339 g/mol. The van der Waals surface area contributed by atoms with E-state index in [0.717, 1.165) is 35.9 Å². The van der Waals surface area contributed by atoms with E-state index >= 15 is 0 Å². The van der Waals surface area contributed by atoms with Crippen LogP contribution in [0, 0.1) is 0 Å². The number of nitrogens with one attached hydrogen (secondary N) is 1. The fourth-order valence-electron chi connectivity index (χ4n) is 2.92. The number of nitrogens with zero attached hydrogens (tertiary/aromatic N) is 3. The predicted molar refractivity (Wildman–Crippen MR) is 102 cm³/mol. The smallest absolute Gasteiger partial charge is 0.193 e. The van der Waals surface area contributed by atoms with Gasteiger partial charge in [0.15, 0.2) is 5.96 Å². The molecule has 1 aliphatic rings. The molecule has 0 aliphatic carbocycles. The summed E-state index contributed by atoms with van der Waals surface area (Å²) in [5.74, 6) is 2.13. The molecule has 1 saturated heterocycles. The van der Waals surface area contributed by atoms with Crippen molar-refractivity contribution in [2.24, 2.45) is 10.7 Å². The number of para-hydroxylation sites is 2. The molecule has 0 unspecified atom stereocenters. The van der Waals surface area contributed by atoms with Crippen molar-refractivity contribution in [3.63, 3.8) is 0 Å². The van der Waals surface area contributed by atoms with Crippen LogP contribution < -0.4 is 20.7 Å². The third kappa shape index (κ3) is 4.62. The highest BCUT2D eigenvalue weighted by molar-refractivity contribution is 5.93. The lowest BCUT2D eigenvalue weighted by atomic mass is 10.1. The number of hydrogen-bond acceptors (Lipinski definition) is 4. The summed E-state index contributed by atoms with van der Waals surface area (Å²) in [5, 5.41) is 3.07. The lowest BCUT2D eigenvalue weighted by Crippen LogP contribution is -2.30. The summed E-state index contributed by atoms with van der Waals surface area (Å²) in [6.45, 7) is 2.68. The highest BCUT2D eigenvalue weighted by Gasteiger charge is 2.11. The van der Waals surface area contributed by atoms with Crippen LogP contribution in [0.5, 0.6) is 5.75 Å². The fraction of sp³-hybridized carbons (Fsp3) is 0.368. The van der Waals surface area contributed by atoms with Gasteiger partial charge in [0.1, 0.15) is 11.6 Å². The van der Waals surface area contributed by atoms with Gasteiger partial charge in [-0.1, -0.05) is 18.2 Å². The maximum Gasteiger partial charge on any atom is 0.193 e. The second-order valence-electron chi connectivity index (χ2n) is 6.10. The molecular formula is C19H25N5O. The molecule has 1 fully saturated rings. The first-order chi connectivity index (χ1) is 12.3. The van der Waals surface area contributed by atoms with E-state index in [4.69, 9.17) is 10.5 Å². The first-order valence-electron chi connectivity index (χ1n) is 8.66. The van der Waals surface area contributed by atoms with Crippen LogP contribution >= 0.6 is 0 Å². The van der Waals surface area contributed by atoms with E-state index in [1.807, 2.05) is 30.5 Å². The Labute approximate surface area is 148 Å². The van der Waals surface area contributed by atoms with Crippen LogP contribution in [-0.2, 0) is 6.54 Å². The van der Waals surface area contributed by atoms with Crippen LogP contribution in [0.25, 0.3) is 0 Å². The third-order valence-corrected chi connectivity index (χ3v) is 4.29. The maximum atomic E-state index is 5.98. The van der Waals surface area contributed by atoms with E-state index in [2.05, 4.69) is 32.3 Å². The Kier molecular flexibility index (Phi) is 5.72. The standard InChI is InChI=1S/C19H25N5O/c1-25-17-8-4-3-7-16(17)23-19(20)22-14-15-9-10-18(21-13-15)24-11-5-2-6-12-24/h3-4,7-10,13H,2,5-6,11-12,14H2,1H3,(H3,20,22,23). The van der Waals surface area contributed by atoms with Gasteiger partial charge in [-0.3, -0.25) is 0 Å². The number of aliphatic imine (C=N–C) groups is 1. The number of aromatic nitrogens is 1. The molecule has 1 aliphatic heterocycles. The summed E-state index contributed by atoms with van der Waals surface area (Å²) in [7, 11) is 1.63. The second-order valence-corrected chi connectivity index (χ2v) is 6.10. The molecule has 0 atom stereocenters. The Morgan fingerprint density at radius 1 is 1.20 bits per heavy atom. The Balaban J connectivity index is 1.59. The molecular weight excluding hydrogens is 314 g/mol. The number of rotatable bonds is 5. The molecule has 6 heteroatoms. The molecule has 132 valence electrons. The minimum Gasteiger partial charge on any atom is -0.495 e. The first kappa shape index (κ1) is 17.1. The van der Waals surface area contributed by atoms with E-state index < -0.39 is 0 Å². The lowest BCUT2D eigenvalue weighted by Gasteiger charge is -2.27. The van der Waals surface area contributed by atoms with Gasteiger partial charge in [-0.05, 0) is 43.0 Å². The fourth-order valence-corrected chi connectivity index (χ4v) is 2.92. The normalized spacial score (nSPS) is 15.1. The van der Waals surface area contributed by atoms with Crippen molar-refractivity contribution in [1.82, 2.24) is 4.98 Å². The highest BCUT2D eigenvalue weighted by Crippen LogP contribution is 2.22. The summed E-state index contributed by atoms with van der Waals surface area (Å²) in [5.41, 5.74) is 7.81. The summed E-state index contributed by atoms with van der Waals surface area (Å²) < 4.78 is 5.29. The van der Waals surface area contributed by atoms with Gasteiger partial charge in [-0.2, -0.15) is 0 Å². The molecule has 3 N–H and O–H groups in total. The molecule has 0 spiro atoms. The molecule has 0 bridgehead atoms. The molecule has 0 amide bonds. The van der Waals surface area contributed by atoms with Crippen molar-refractivity contribution in [3.05, 3.63) is 48.2 Å². The van der Waals surface area contributed by atoms with E-state index in [0.29, 0.717) is 12.5 Å². The molecule has 0 radical (unpaired) electrons. The van der Waals surface area contributed by atoms with E-state index in [-0.39, 0.29) is 0 Å². The van der Waals surface area contributed by atoms with Crippen LogP contribution in [0.2, 0.25) is 0 Å². The topological polar surface area (TPSA) is 75.8 Å². The minimum absolute atomic E-state index is 0.351.